The molecule has 2 aliphatic rings. The van der Waals surface area contributed by atoms with Gasteiger partial charge in [0.2, 0.25) is 0 Å². The summed E-state index contributed by atoms with van der Waals surface area (Å²) in [4.78, 5) is 4.86. The number of nitrogens with zero attached hydrogens (tertiary/aromatic N) is 2. The summed E-state index contributed by atoms with van der Waals surface area (Å²) in [5, 5.41) is 2.94. The molecule has 2 fully saturated rings. The van der Waals surface area contributed by atoms with Crippen LogP contribution in [-0.4, -0.2) is 9.55 Å². The van der Waals surface area contributed by atoms with Crippen LogP contribution in [0.4, 0.5) is 0 Å². The molecule has 0 saturated heterocycles. The SMILES string of the molecule is [Ir].[c-]1ccccc1-c1nccn1-c1c(C2CCCCC2)cc(C2CCCCC2)c2c1sc1ccccc12. The Hall–Kier alpha value is -2.26. The van der Waals surface area contributed by atoms with Gasteiger partial charge in [0.15, 0.2) is 0 Å². The number of benzene rings is 3. The van der Waals surface area contributed by atoms with Crippen LogP contribution in [0.15, 0.2) is 67.0 Å². The first-order chi connectivity index (χ1) is 17.9. The van der Waals surface area contributed by atoms with Crippen LogP contribution in [0.25, 0.3) is 37.2 Å². The van der Waals surface area contributed by atoms with Crippen LogP contribution in [0.1, 0.15) is 87.2 Å². The fourth-order valence-electron chi connectivity index (χ4n) is 6.86. The minimum absolute atomic E-state index is 0. The van der Waals surface area contributed by atoms with Gasteiger partial charge in [-0.1, -0.05) is 62.8 Å². The van der Waals surface area contributed by atoms with Crippen LogP contribution in [0.3, 0.4) is 0 Å². The molecule has 0 amide bonds. The summed E-state index contributed by atoms with van der Waals surface area (Å²) in [5.74, 6) is 2.30. The Kier molecular flexibility index (Phi) is 7.34. The van der Waals surface area contributed by atoms with Crippen molar-refractivity contribution in [2.75, 3.05) is 0 Å². The van der Waals surface area contributed by atoms with Gasteiger partial charge in [0.25, 0.3) is 0 Å². The normalized spacial score (nSPS) is 17.3. The van der Waals surface area contributed by atoms with Crippen LogP contribution in [0, 0.1) is 6.07 Å². The quantitative estimate of drug-likeness (QED) is 0.173. The molecule has 191 valence electrons. The summed E-state index contributed by atoms with van der Waals surface area (Å²) < 4.78 is 5.24. The Labute approximate surface area is 237 Å². The Morgan fingerprint density at radius 1 is 0.811 bits per heavy atom. The van der Waals surface area contributed by atoms with Crippen molar-refractivity contribution >= 4 is 31.5 Å². The summed E-state index contributed by atoms with van der Waals surface area (Å²) in [6.07, 6.45) is 17.6. The van der Waals surface area contributed by atoms with Crippen LogP contribution < -0.4 is 0 Å². The van der Waals surface area contributed by atoms with Crippen molar-refractivity contribution in [2.24, 2.45) is 0 Å². The monoisotopic (exact) mass is 682 g/mol. The van der Waals surface area contributed by atoms with E-state index in [0.717, 1.165) is 11.4 Å². The Balaban J connectivity index is 0.00000252. The third kappa shape index (κ3) is 4.52. The summed E-state index contributed by atoms with van der Waals surface area (Å²) in [5.41, 5.74) is 5.62. The third-order valence-electron chi connectivity index (χ3n) is 8.61. The second-order valence-electron chi connectivity index (χ2n) is 10.8. The standard InChI is InChI=1S/C33H33N2S.Ir/c1-4-12-23(13-5-1)27-22-28(24-14-6-2-7-15-24)31(32-30(27)26-18-10-11-19-29(26)36-32)35-21-20-34-33(35)25-16-8-3-9-17-25;/h3,8-11,16,18-24H,1-2,4-7,12-15H2;/q-1;. The minimum atomic E-state index is 0. The molecule has 37 heavy (non-hydrogen) atoms. The van der Waals surface area contributed by atoms with Gasteiger partial charge in [-0.25, -0.2) is 0 Å². The van der Waals surface area contributed by atoms with Gasteiger partial charge in [-0.05, 0) is 54.7 Å². The molecule has 0 bridgehead atoms. The maximum atomic E-state index is 4.86. The van der Waals surface area contributed by atoms with E-state index >= 15 is 0 Å². The van der Waals surface area contributed by atoms with Crippen LogP contribution in [0.5, 0.6) is 0 Å². The van der Waals surface area contributed by atoms with Crippen molar-refractivity contribution in [3.63, 3.8) is 0 Å². The molecule has 0 atom stereocenters. The first-order valence-electron chi connectivity index (χ1n) is 13.9. The predicted molar refractivity (Wildman–Crippen MR) is 152 cm³/mol. The largest absolute Gasteiger partial charge is 0.339 e. The van der Waals surface area contributed by atoms with Gasteiger partial charge in [0.1, 0.15) is 0 Å². The first-order valence-corrected chi connectivity index (χ1v) is 14.7. The minimum Gasteiger partial charge on any atom is -0.339 e. The Bertz CT molecular complexity index is 1500. The van der Waals surface area contributed by atoms with Crippen molar-refractivity contribution < 1.29 is 20.1 Å². The fraction of sp³-hybridized carbons (Fsp3) is 0.364. The van der Waals surface area contributed by atoms with Crippen molar-refractivity contribution in [1.82, 2.24) is 9.55 Å². The average molecular weight is 682 g/mol. The van der Waals surface area contributed by atoms with Gasteiger partial charge in [-0.2, -0.15) is 0 Å². The van der Waals surface area contributed by atoms with Crippen molar-refractivity contribution in [2.45, 2.75) is 76.0 Å². The second kappa shape index (κ2) is 10.8. The second-order valence-corrected chi connectivity index (χ2v) is 11.8. The van der Waals surface area contributed by atoms with Gasteiger partial charge < -0.3 is 4.57 Å². The zero-order valence-electron chi connectivity index (χ0n) is 21.2. The Morgan fingerprint density at radius 2 is 1.51 bits per heavy atom. The number of hydrogen-bond donors (Lipinski definition) is 0. The first kappa shape index (κ1) is 25.0. The van der Waals surface area contributed by atoms with Gasteiger partial charge >= 0.3 is 0 Å². The van der Waals surface area contributed by atoms with Crippen molar-refractivity contribution in [1.29, 1.82) is 0 Å². The molecule has 2 nitrogen and oxygen atoms in total. The molecule has 2 aromatic heterocycles. The predicted octanol–water partition coefficient (Wildman–Crippen LogP) is 9.80. The van der Waals surface area contributed by atoms with E-state index in [0.29, 0.717) is 11.8 Å². The molecule has 0 N–H and O–H groups in total. The molecule has 5 aromatic rings. The summed E-state index contributed by atoms with van der Waals surface area (Å²) in [7, 11) is 0. The number of aromatic nitrogens is 2. The molecule has 3 aromatic carbocycles. The van der Waals surface area contributed by atoms with E-state index in [4.69, 9.17) is 4.98 Å². The van der Waals surface area contributed by atoms with E-state index < -0.39 is 0 Å². The maximum Gasteiger partial charge on any atom is 0.0603 e. The van der Waals surface area contributed by atoms with E-state index in [9.17, 15) is 0 Å². The number of hydrogen-bond acceptors (Lipinski definition) is 2. The van der Waals surface area contributed by atoms with E-state index in [2.05, 4.69) is 59.3 Å². The van der Waals surface area contributed by atoms with Crippen LogP contribution in [-0.2, 0) is 20.1 Å². The number of rotatable bonds is 4. The summed E-state index contributed by atoms with van der Waals surface area (Å²) >= 11 is 1.99. The van der Waals surface area contributed by atoms with Gasteiger partial charge in [-0.15, -0.1) is 47.2 Å². The molecule has 0 unspecified atom stereocenters. The summed E-state index contributed by atoms with van der Waals surface area (Å²) in [6.45, 7) is 0. The van der Waals surface area contributed by atoms with E-state index in [1.807, 2.05) is 29.7 Å². The average Bonchev–Trinajstić information content (AvgIpc) is 3.59. The third-order valence-corrected chi connectivity index (χ3v) is 9.78. The Morgan fingerprint density at radius 3 is 2.24 bits per heavy atom. The number of fused-ring (bicyclic) bond motifs is 3. The molecule has 2 aliphatic carbocycles. The smallest absolute Gasteiger partial charge is 0.0603 e. The molecule has 4 heteroatoms. The van der Waals surface area contributed by atoms with Crippen LogP contribution >= 0.6 is 11.3 Å². The molecular formula is C33H33IrN2S-. The molecule has 1 radical (unpaired) electrons. The summed E-state index contributed by atoms with van der Waals surface area (Å²) in [6, 6.07) is 23.4. The zero-order valence-corrected chi connectivity index (χ0v) is 24.4. The number of imidazole rings is 1. The van der Waals surface area contributed by atoms with Gasteiger partial charge in [-0.3, -0.25) is 4.98 Å². The fourth-order valence-corrected chi connectivity index (χ4v) is 8.15. The van der Waals surface area contributed by atoms with Crippen LogP contribution in [0.2, 0.25) is 0 Å². The molecule has 0 spiro atoms. The molecule has 0 aliphatic heterocycles. The molecule has 2 heterocycles. The zero-order chi connectivity index (χ0) is 23.9. The molecule has 7 rings (SSSR count). The maximum absolute atomic E-state index is 4.86. The molecular weight excluding hydrogens is 649 g/mol. The van der Waals surface area contributed by atoms with Gasteiger partial charge in [0, 0.05) is 48.0 Å². The van der Waals surface area contributed by atoms with Gasteiger partial charge in [0.05, 0.1) is 16.2 Å². The van der Waals surface area contributed by atoms with E-state index in [1.165, 1.54) is 90.1 Å². The van der Waals surface area contributed by atoms with E-state index in [1.54, 1.807) is 11.1 Å². The molecule has 2 saturated carbocycles. The van der Waals surface area contributed by atoms with Crippen molar-refractivity contribution in [3.05, 3.63) is 84.2 Å². The number of thiophene rings is 1. The topological polar surface area (TPSA) is 17.8 Å². The van der Waals surface area contributed by atoms with Crippen molar-refractivity contribution in [3.8, 4) is 17.1 Å². The van der Waals surface area contributed by atoms with E-state index in [-0.39, 0.29) is 20.1 Å².